The first-order chi connectivity index (χ1) is 15.2. The summed E-state index contributed by atoms with van der Waals surface area (Å²) in [6.07, 6.45) is 8.78. The summed E-state index contributed by atoms with van der Waals surface area (Å²) in [4.78, 5) is 16.8. The Hall–Kier alpha value is -3.76. The Bertz CT molecular complexity index is 1090. The van der Waals surface area contributed by atoms with Gasteiger partial charge in [-0.25, -0.2) is 0 Å². The van der Waals surface area contributed by atoms with Crippen LogP contribution in [0.5, 0.6) is 0 Å². The van der Waals surface area contributed by atoms with Crippen molar-refractivity contribution in [2.45, 2.75) is 25.5 Å². The third-order valence-corrected chi connectivity index (χ3v) is 5.09. The number of amides is 1. The number of nitriles is 1. The molecule has 7 nitrogen and oxygen atoms in total. The first kappa shape index (κ1) is 20.5. The average molecular weight is 413 g/mol. The highest BCUT2D eigenvalue weighted by atomic mass is 16.5. The van der Waals surface area contributed by atoms with Gasteiger partial charge in [-0.15, -0.1) is 0 Å². The van der Waals surface area contributed by atoms with Crippen LogP contribution in [0.2, 0.25) is 0 Å². The molecular formula is C24H23N5O2. The first-order valence-electron chi connectivity index (χ1n) is 10.3. The van der Waals surface area contributed by atoms with Gasteiger partial charge in [-0.1, -0.05) is 30.3 Å². The molecule has 1 aliphatic heterocycles. The van der Waals surface area contributed by atoms with E-state index in [-0.39, 0.29) is 11.7 Å². The third-order valence-electron chi connectivity index (χ3n) is 5.09. The van der Waals surface area contributed by atoms with Crippen LogP contribution in [-0.2, 0) is 16.1 Å². The highest BCUT2D eigenvalue weighted by Gasteiger charge is 2.19. The molecule has 1 atom stereocenters. The van der Waals surface area contributed by atoms with E-state index in [0.29, 0.717) is 24.3 Å². The van der Waals surface area contributed by atoms with E-state index in [1.54, 1.807) is 18.5 Å². The fraction of sp³-hybridized carbons (Fsp3) is 0.250. The number of ether oxygens (including phenoxy) is 1. The molecule has 7 heteroatoms. The van der Waals surface area contributed by atoms with Crippen LogP contribution in [0.15, 0.2) is 66.6 Å². The Balaban J connectivity index is 1.61. The molecule has 156 valence electrons. The Morgan fingerprint density at radius 2 is 2.16 bits per heavy atom. The largest absolute Gasteiger partial charge is 0.376 e. The fourth-order valence-corrected chi connectivity index (χ4v) is 3.53. The van der Waals surface area contributed by atoms with E-state index in [1.807, 2.05) is 59.4 Å². The summed E-state index contributed by atoms with van der Waals surface area (Å²) >= 11 is 0. The Labute approximate surface area is 181 Å². The van der Waals surface area contributed by atoms with E-state index in [2.05, 4.69) is 10.3 Å². The molecule has 0 radical (unpaired) electrons. The summed E-state index contributed by atoms with van der Waals surface area (Å²) in [6.45, 7) is 1.70. The van der Waals surface area contributed by atoms with E-state index in [9.17, 15) is 10.1 Å². The maximum absolute atomic E-state index is 12.6. The lowest BCUT2D eigenvalue weighted by Gasteiger charge is -2.10. The fourth-order valence-electron chi connectivity index (χ4n) is 3.53. The van der Waals surface area contributed by atoms with Gasteiger partial charge >= 0.3 is 0 Å². The number of hydrogen-bond donors (Lipinski definition) is 1. The van der Waals surface area contributed by atoms with E-state index >= 15 is 0 Å². The van der Waals surface area contributed by atoms with Crippen LogP contribution in [0.4, 0.5) is 0 Å². The third kappa shape index (κ3) is 5.24. The second-order valence-corrected chi connectivity index (χ2v) is 7.37. The Morgan fingerprint density at radius 3 is 2.87 bits per heavy atom. The Morgan fingerprint density at radius 1 is 1.29 bits per heavy atom. The van der Waals surface area contributed by atoms with Crippen LogP contribution in [0.1, 0.15) is 24.0 Å². The van der Waals surface area contributed by atoms with Crippen molar-refractivity contribution in [1.82, 2.24) is 20.1 Å². The van der Waals surface area contributed by atoms with Gasteiger partial charge in [-0.2, -0.15) is 10.4 Å². The van der Waals surface area contributed by atoms with Crippen molar-refractivity contribution in [3.8, 4) is 17.3 Å². The number of aromatic nitrogens is 3. The molecule has 3 aromatic rings. The first-order valence-corrected chi connectivity index (χ1v) is 10.3. The highest BCUT2D eigenvalue weighted by molar-refractivity contribution is 6.02. The number of rotatable bonds is 7. The molecule has 0 spiro atoms. The SMILES string of the molecule is N#C/C(=C\c1cn(Cc2ccccc2)nc1-c1cccnc1)C(=O)NC[C@@H]1CCCO1. The molecule has 0 aliphatic carbocycles. The number of carbonyl (C=O) groups is 1. The topological polar surface area (TPSA) is 92.8 Å². The zero-order chi connectivity index (χ0) is 21.5. The summed E-state index contributed by atoms with van der Waals surface area (Å²) in [6, 6.07) is 15.7. The predicted molar refractivity (Wildman–Crippen MR) is 117 cm³/mol. The molecule has 1 saturated heterocycles. The van der Waals surface area contributed by atoms with Crippen molar-refractivity contribution in [2.75, 3.05) is 13.2 Å². The maximum atomic E-state index is 12.6. The van der Waals surface area contributed by atoms with Crippen LogP contribution < -0.4 is 5.32 Å². The van der Waals surface area contributed by atoms with Crippen molar-refractivity contribution in [1.29, 1.82) is 5.26 Å². The zero-order valence-electron chi connectivity index (χ0n) is 17.1. The van der Waals surface area contributed by atoms with Gasteiger partial charge in [0.2, 0.25) is 0 Å². The standard InChI is InChI=1S/C24H23N5O2/c25-13-20(24(30)27-15-22-9-5-11-31-22)12-21-17-29(16-18-6-2-1-3-7-18)28-23(21)19-8-4-10-26-14-19/h1-4,6-8,10,12,14,17,22H,5,9,11,15-16H2,(H,27,30)/b20-12+/t22-/m0/s1. The van der Waals surface area contributed by atoms with Crippen LogP contribution in [-0.4, -0.2) is 39.9 Å². The molecule has 2 aromatic heterocycles. The van der Waals surface area contributed by atoms with Crippen molar-refractivity contribution in [2.24, 2.45) is 0 Å². The van der Waals surface area contributed by atoms with Gasteiger partial charge in [-0.05, 0) is 36.6 Å². The van der Waals surface area contributed by atoms with Crippen molar-refractivity contribution >= 4 is 12.0 Å². The zero-order valence-corrected chi connectivity index (χ0v) is 17.1. The predicted octanol–water partition coefficient (Wildman–Crippen LogP) is 3.20. The van der Waals surface area contributed by atoms with Gasteiger partial charge in [-0.3, -0.25) is 14.5 Å². The van der Waals surface area contributed by atoms with Crippen LogP contribution in [0, 0.1) is 11.3 Å². The molecule has 3 heterocycles. The molecule has 0 unspecified atom stereocenters. The van der Waals surface area contributed by atoms with Gasteiger partial charge in [0.25, 0.3) is 5.91 Å². The summed E-state index contributed by atoms with van der Waals surface area (Å²) < 4.78 is 7.34. The van der Waals surface area contributed by atoms with E-state index in [0.717, 1.165) is 30.6 Å². The molecule has 4 rings (SSSR count). The average Bonchev–Trinajstić information content (AvgIpc) is 3.47. The minimum atomic E-state index is -0.411. The minimum Gasteiger partial charge on any atom is -0.376 e. The molecule has 1 fully saturated rings. The minimum absolute atomic E-state index is 0.0171. The lowest BCUT2D eigenvalue weighted by atomic mass is 10.1. The number of carbonyl (C=O) groups excluding carboxylic acids is 1. The van der Waals surface area contributed by atoms with Crippen LogP contribution in [0.3, 0.4) is 0 Å². The van der Waals surface area contributed by atoms with E-state index < -0.39 is 5.91 Å². The molecule has 0 saturated carbocycles. The summed E-state index contributed by atoms with van der Waals surface area (Å²) in [5, 5.41) is 17.1. The molecular weight excluding hydrogens is 390 g/mol. The molecule has 31 heavy (non-hydrogen) atoms. The summed E-state index contributed by atoms with van der Waals surface area (Å²) in [7, 11) is 0. The molecule has 0 bridgehead atoms. The number of pyridine rings is 1. The van der Waals surface area contributed by atoms with Crippen LogP contribution in [0.25, 0.3) is 17.3 Å². The molecule has 1 amide bonds. The van der Waals surface area contributed by atoms with Gasteiger partial charge in [0.1, 0.15) is 17.3 Å². The van der Waals surface area contributed by atoms with Crippen molar-refractivity contribution in [3.05, 3.63) is 77.8 Å². The molecule has 1 aromatic carbocycles. The van der Waals surface area contributed by atoms with Gasteiger partial charge < -0.3 is 10.1 Å². The quantitative estimate of drug-likeness (QED) is 0.474. The number of hydrogen-bond acceptors (Lipinski definition) is 5. The monoisotopic (exact) mass is 413 g/mol. The lowest BCUT2D eigenvalue weighted by molar-refractivity contribution is -0.117. The van der Waals surface area contributed by atoms with Crippen LogP contribution >= 0.6 is 0 Å². The molecule has 1 N–H and O–H groups in total. The van der Waals surface area contributed by atoms with Crippen molar-refractivity contribution < 1.29 is 9.53 Å². The summed E-state index contributed by atoms with van der Waals surface area (Å²) in [5.74, 6) is -0.411. The highest BCUT2D eigenvalue weighted by Crippen LogP contribution is 2.24. The second-order valence-electron chi connectivity index (χ2n) is 7.37. The number of nitrogens with zero attached hydrogens (tertiary/aromatic N) is 4. The van der Waals surface area contributed by atoms with Gasteiger partial charge in [0, 0.05) is 42.9 Å². The smallest absolute Gasteiger partial charge is 0.262 e. The Kier molecular flexibility index (Phi) is 6.50. The second kappa shape index (κ2) is 9.83. The van der Waals surface area contributed by atoms with Gasteiger partial charge in [0.05, 0.1) is 12.6 Å². The van der Waals surface area contributed by atoms with Gasteiger partial charge in [0.15, 0.2) is 0 Å². The number of benzene rings is 1. The maximum Gasteiger partial charge on any atom is 0.262 e. The van der Waals surface area contributed by atoms with E-state index in [1.165, 1.54) is 0 Å². The lowest BCUT2D eigenvalue weighted by Crippen LogP contribution is -2.32. The molecule has 1 aliphatic rings. The number of nitrogens with one attached hydrogen (secondary N) is 1. The summed E-state index contributed by atoms with van der Waals surface area (Å²) in [5.41, 5.74) is 3.31. The van der Waals surface area contributed by atoms with E-state index in [4.69, 9.17) is 9.84 Å². The van der Waals surface area contributed by atoms with Crippen molar-refractivity contribution in [3.63, 3.8) is 0 Å². The normalized spacial score (nSPS) is 16.1.